The second kappa shape index (κ2) is 6.07. The molecule has 100 valence electrons. The van der Waals surface area contributed by atoms with Crippen molar-refractivity contribution in [2.45, 2.75) is 25.6 Å². The fraction of sp³-hybridized carbons (Fsp3) is 0.250. The van der Waals surface area contributed by atoms with Crippen LogP contribution in [-0.2, 0) is 5.88 Å². The van der Waals surface area contributed by atoms with Crippen molar-refractivity contribution in [1.29, 1.82) is 0 Å². The fourth-order valence-electron chi connectivity index (χ4n) is 1.76. The van der Waals surface area contributed by atoms with Crippen molar-refractivity contribution in [1.82, 2.24) is 0 Å². The predicted octanol–water partition coefficient (Wildman–Crippen LogP) is 5.48. The molecule has 0 fully saturated rings. The Bertz CT molecular complexity index is 549. The van der Waals surface area contributed by atoms with Crippen LogP contribution in [-0.4, -0.2) is 0 Å². The van der Waals surface area contributed by atoms with Gasteiger partial charge in [-0.1, -0.05) is 32.0 Å². The molecule has 0 aliphatic heterocycles. The summed E-state index contributed by atoms with van der Waals surface area (Å²) in [5.74, 6) is 1.20. The number of benzene rings is 2. The molecule has 19 heavy (non-hydrogen) atoms. The summed E-state index contributed by atoms with van der Waals surface area (Å²) in [6.07, 6.45) is 0. The first-order chi connectivity index (χ1) is 9.10. The van der Waals surface area contributed by atoms with Gasteiger partial charge in [-0.05, 0) is 41.3 Å². The fourth-order valence-corrected chi connectivity index (χ4v) is 1.92. The summed E-state index contributed by atoms with van der Waals surface area (Å²) in [6.45, 7) is 4.25. The first kappa shape index (κ1) is 13.9. The SMILES string of the molecule is CC(C)c1ccc(Oc2ccc(CCl)cc2F)cc1. The van der Waals surface area contributed by atoms with Gasteiger partial charge in [0.25, 0.3) is 0 Å². The Morgan fingerprint density at radius 1 is 1.11 bits per heavy atom. The summed E-state index contributed by atoms with van der Waals surface area (Å²) >= 11 is 5.65. The maximum Gasteiger partial charge on any atom is 0.166 e. The van der Waals surface area contributed by atoms with Crippen LogP contribution in [0.4, 0.5) is 4.39 Å². The van der Waals surface area contributed by atoms with Crippen LogP contribution in [0.15, 0.2) is 42.5 Å². The number of hydrogen-bond donors (Lipinski definition) is 0. The molecule has 0 amide bonds. The van der Waals surface area contributed by atoms with Gasteiger partial charge < -0.3 is 4.74 Å². The second-order valence-corrected chi connectivity index (χ2v) is 4.99. The average molecular weight is 279 g/mol. The van der Waals surface area contributed by atoms with Crippen molar-refractivity contribution >= 4 is 11.6 Å². The summed E-state index contributed by atoms with van der Waals surface area (Å²) < 4.78 is 19.3. The molecule has 0 spiro atoms. The monoisotopic (exact) mass is 278 g/mol. The van der Waals surface area contributed by atoms with E-state index in [1.165, 1.54) is 11.6 Å². The topological polar surface area (TPSA) is 9.23 Å². The molecule has 0 N–H and O–H groups in total. The Morgan fingerprint density at radius 3 is 2.32 bits per heavy atom. The van der Waals surface area contributed by atoms with Crippen molar-refractivity contribution in [2.24, 2.45) is 0 Å². The van der Waals surface area contributed by atoms with E-state index in [1.807, 2.05) is 24.3 Å². The van der Waals surface area contributed by atoms with E-state index in [4.69, 9.17) is 16.3 Å². The van der Waals surface area contributed by atoms with Crippen molar-refractivity contribution < 1.29 is 9.13 Å². The summed E-state index contributed by atoms with van der Waals surface area (Å²) in [5.41, 5.74) is 1.96. The Kier molecular flexibility index (Phi) is 4.43. The maximum atomic E-state index is 13.7. The molecule has 0 aromatic heterocycles. The van der Waals surface area contributed by atoms with E-state index >= 15 is 0 Å². The molecule has 0 atom stereocenters. The highest BCUT2D eigenvalue weighted by Gasteiger charge is 2.06. The van der Waals surface area contributed by atoms with Crippen molar-refractivity contribution in [3.63, 3.8) is 0 Å². The Labute approximate surface area is 118 Å². The zero-order valence-corrected chi connectivity index (χ0v) is 11.7. The van der Waals surface area contributed by atoms with Gasteiger partial charge in [-0.3, -0.25) is 0 Å². The van der Waals surface area contributed by atoms with E-state index in [0.29, 0.717) is 17.5 Å². The normalized spacial score (nSPS) is 10.8. The number of hydrogen-bond acceptors (Lipinski definition) is 1. The molecule has 0 saturated heterocycles. The van der Waals surface area contributed by atoms with Crippen LogP contribution in [0.1, 0.15) is 30.9 Å². The van der Waals surface area contributed by atoms with Crippen molar-refractivity contribution in [3.05, 3.63) is 59.4 Å². The molecular formula is C16H16ClFO. The molecule has 0 aliphatic carbocycles. The lowest BCUT2D eigenvalue weighted by atomic mass is 10.0. The van der Waals surface area contributed by atoms with Crippen molar-refractivity contribution in [2.75, 3.05) is 0 Å². The van der Waals surface area contributed by atoms with Crippen LogP contribution in [0.25, 0.3) is 0 Å². The minimum absolute atomic E-state index is 0.214. The average Bonchev–Trinajstić information content (AvgIpc) is 2.41. The summed E-state index contributed by atoms with van der Waals surface area (Å²) in [4.78, 5) is 0. The van der Waals surface area contributed by atoms with Gasteiger partial charge in [-0.25, -0.2) is 4.39 Å². The van der Waals surface area contributed by atoms with E-state index in [2.05, 4.69) is 13.8 Å². The highest BCUT2D eigenvalue weighted by Crippen LogP contribution is 2.27. The van der Waals surface area contributed by atoms with Crippen LogP contribution in [0.5, 0.6) is 11.5 Å². The minimum atomic E-state index is -0.397. The van der Waals surface area contributed by atoms with Crippen LogP contribution in [0.2, 0.25) is 0 Å². The Balaban J connectivity index is 2.16. The molecule has 1 nitrogen and oxygen atoms in total. The molecule has 0 heterocycles. The van der Waals surface area contributed by atoms with Gasteiger partial charge in [-0.2, -0.15) is 0 Å². The van der Waals surface area contributed by atoms with E-state index in [9.17, 15) is 4.39 Å². The van der Waals surface area contributed by atoms with Crippen LogP contribution in [0, 0.1) is 5.82 Å². The van der Waals surface area contributed by atoms with Gasteiger partial charge in [0.2, 0.25) is 0 Å². The maximum absolute atomic E-state index is 13.7. The third-order valence-electron chi connectivity index (χ3n) is 2.93. The van der Waals surface area contributed by atoms with E-state index in [-0.39, 0.29) is 5.75 Å². The van der Waals surface area contributed by atoms with Crippen LogP contribution < -0.4 is 4.74 Å². The summed E-state index contributed by atoms with van der Waals surface area (Å²) in [7, 11) is 0. The van der Waals surface area contributed by atoms with Crippen molar-refractivity contribution in [3.8, 4) is 11.5 Å². The summed E-state index contributed by atoms with van der Waals surface area (Å²) in [5, 5.41) is 0. The first-order valence-electron chi connectivity index (χ1n) is 6.22. The molecule has 0 bridgehead atoms. The van der Waals surface area contributed by atoms with Gasteiger partial charge in [0.15, 0.2) is 11.6 Å². The largest absolute Gasteiger partial charge is 0.454 e. The third-order valence-corrected chi connectivity index (χ3v) is 3.23. The minimum Gasteiger partial charge on any atom is -0.454 e. The molecule has 3 heteroatoms. The molecule has 0 aliphatic rings. The van der Waals surface area contributed by atoms with Gasteiger partial charge in [0.05, 0.1) is 0 Å². The lowest BCUT2D eigenvalue weighted by molar-refractivity contribution is 0.441. The van der Waals surface area contributed by atoms with Gasteiger partial charge in [-0.15, -0.1) is 11.6 Å². The molecule has 0 unspecified atom stereocenters. The van der Waals surface area contributed by atoms with Gasteiger partial charge in [0.1, 0.15) is 5.75 Å². The lowest BCUT2D eigenvalue weighted by Crippen LogP contribution is -1.91. The smallest absolute Gasteiger partial charge is 0.166 e. The molecule has 2 aromatic rings. The van der Waals surface area contributed by atoms with E-state index in [1.54, 1.807) is 12.1 Å². The number of halogens is 2. The van der Waals surface area contributed by atoms with E-state index in [0.717, 1.165) is 5.56 Å². The molecule has 2 aromatic carbocycles. The zero-order valence-electron chi connectivity index (χ0n) is 11.0. The third kappa shape index (κ3) is 3.48. The van der Waals surface area contributed by atoms with E-state index < -0.39 is 5.82 Å². The number of alkyl halides is 1. The molecule has 0 saturated carbocycles. The number of rotatable bonds is 4. The highest BCUT2D eigenvalue weighted by atomic mass is 35.5. The lowest BCUT2D eigenvalue weighted by Gasteiger charge is -2.09. The molecular weight excluding hydrogens is 263 g/mol. The standard InChI is InChI=1S/C16H16ClFO/c1-11(2)13-4-6-14(7-5-13)19-16-8-3-12(10-17)9-15(16)18/h3-9,11H,10H2,1-2H3. The Morgan fingerprint density at radius 2 is 1.79 bits per heavy atom. The predicted molar refractivity (Wildman–Crippen MR) is 76.6 cm³/mol. The highest BCUT2D eigenvalue weighted by molar-refractivity contribution is 6.17. The zero-order chi connectivity index (χ0) is 13.8. The molecule has 2 rings (SSSR count). The second-order valence-electron chi connectivity index (χ2n) is 4.72. The quantitative estimate of drug-likeness (QED) is 0.673. The first-order valence-corrected chi connectivity index (χ1v) is 6.76. The van der Waals surface area contributed by atoms with Gasteiger partial charge >= 0.3 is 0 Å². The number of ether oxygens (including phenoxy) is 1. The Hall–Kier alpha value is -1.54. The molecule has 0 radical (unpaired) electrons. The summed E-state index contributed by atoms with van der Waals surface area (Å²) in [6, 6.07) is 12.4. The van der Waals surface area contributed by atoms with Gasteiger partial charge in [0, 0.05) is 5.88 Å². The van der Waals surface area contributed by atoms with Crippen LogP contribution >= 0.6 is 11.6 Å². The van der Waals surface area contributed by atoms with Crippen LogP contribution in [0.3, 0.4) is 0 Å².